The van der Waals surface area contributed by atoms with Crippen LogP contribution in [0.25, 0.3) is 5.76 Å². The summed E-state index contributed by atoms with van der Waals surface area (Å²) < 4.78 is 16.2. The number of carbonyl (C=O) groups excluding carboxylic acids is 2. The number of rotatable bonds is 7. The molecule has 8 heteroatoms. The summed E-state index contributed by atoms with van der Waals surface area (Å²) in [7, 11) is 4.46. The number of aliphatic hydroxyl groups is 1. The van der Waals surface area contributed by atoms with Gasteiger partial charge in [-0.3, -0.25) is 14.5 Å². The highest BCUT2D eigenvalue weighted by Gasteiger charge is 2.47. The number of hydrogen-bond acceptors (Lipinski definition) is 6. The first kappa shape index (κ1) is 26.1. The number of benzene rings is 3. The minimum Gasteiger partial charge on any atom is -0.507 e. The number of anilines is 1. The van der Waals surface area contributed by atoms with Crippen molar-refractivity contribution < 1.29 is 28.9 Å². The van der Waals surface area contributed by atoms with Gasteiger partial charge in [0.05, 0.1) is 38.5 Å². The van der Waals surface area contributed by atoms with E-state index in [2.05, 4.69) is 13.8 Å². The summed E-state index contributed by atoms with van der Waals surface area (Å²) in [5.74, 6) is -0.477. The average molecular weight is 522 g/mol. The number of amides is 1. The SMILES string of the molecule is COc1ccc(C2/C(=C(\O)c3cc(Cl)ccc3OC)C(=O)C(=O)N2c2ccc(C(C)C)cc2)cc1OC. The van der Waals surface area contributed by atoms with Gasteiger partial charge in [-0.05, 0) is 59.5 Å². The first-order valence-electron chi connectivity index (χ1n) is 11.7. The first-order chi connectivity index (χ1) is 17.7. The molecule has 0 radical (unpaired) electrons. The van der Waals surface area contributed by atoms with Crippen LogP contribution in [0.15, 0.2) is 66.2 Å². The molecule has 0 saturated carbocycles. The zero-order valence-electron chi connectivity index (χ0n) is 21.2. The fourth-order valence-corrected chi connectivity index (χ4v) is 4.64. The summed E-state index contributed by atoms with van der Waals surface area (Å²) in [6.07, 6.45) is 0. The van der Waals surface area contributed by atoms with Crippen molar-refractivity contribution in [2.45, 2.75) is 25.8 Å². The third-order valence-electron chi connectivity index (χ3n) is 6.42. The maximum atomic E-state index is 13.5. The lowest BCUT2D eigenvalue weighted by atomic mass is 9.94. The molecule has 4 rings (SSSR count). The Kier molecular flexibility index (Phi) is 7.45. The van der Waals surface area contributed by atoms with Crippen LogP contribution in [0.4, 0.5) is 5.69 Å². The normalized spacial score (nSPS) is 16.8. The molecular weight excluding hydrogens is 494 g/mol. The summed E-state index contributed by atoms with van der Waals surface area (Å²) >= 11 is 6.20. The van der Waals surface area contributed by atoms with Gasteiger partial charge in [-0.25, -0.2) is 0 Å². The number of Topliss-reactive ketones (excluding diaryl/α,β-unsaturated/α-hetero) is 1. The van der Waals surface area contributed by atoms with Crippen molar-refractivity contribution in [3.8, 4) is 17.2 Å². The van der Waals surface area contributed by atoms with E-state index in [1.54, 1.807) is 42.5 Å². The summed E-state index contributed by atoms with van der Waals surface area (Å²) in [6.45, 7) is 4.15. The van der Waals surface area contributed by atoms with E-state index < -0.39 is 23.5 Å². The Morgan fingerprint density at radius 3 is 2.08 bits per heavy atom. The predicted molar refractivity (Wildman–Crippen MR) is 143 cm³/mol. The van der Waals surface area contributed by atoms with Gasteiger partial charge in [0.25, 0.3) is 11.7 Å². The maximum Gasteiger partial charge on any atom is 0.300 e. The van der Waals surface area contributed by atoms with Crippen molar-refractivity contribution in [3.63, 3.8) is 0 Å². The van der Waals surface area contributed by atoms with Crippen LogP contribution < -0.4 is 19.1 Å². The second-order valence-corrected chi connectivity index (χ2v) is 9.31. The molecule has 0 aromatic heterocycles. The Bertz CT molecular complexity index is 1380. The number of carbonyl (C=O) groups is 2. The molecule has 1 aliphatic rings. The second kappa shape index (κ2) is 10.6. The molecule has 1 heterocycles. The van der Waals surface area contributed by atoms with E-state index in [0.717, 1.165) is 5.56 Å². The second-order valence-electron chi connectivity index (χ2n) is 8.87. The smallest absolute Gasteiger partial charge is 0.300 e. The molecule has 1 saturated heterocycles. The quantitative estimate of drug-likeness (QED) is 0.229. The van der Waals surface area contributed by atoms with Crippen LogP contribution >= 0.6 is 11.6 Å². The van der Waals surface area contributed by atoms with Gasteiger partial charge in [-0.2, -0.15) is 0 Å². The van der Waals surface area contributed by atoms with Gasteiger partial charge >= 0.3 is 0 Å². The van der Waals surface area contributed by atoms with Gasteiger partial charge < -0.3 is 19.3 Å². The lowest BCUT2D eigenvalue weighted by molar-refractivity contribution is -0.132. The van der Waals surface area contributed by atoms with Crippen molar-refractivity contribution >= 4 is 34.7 Å². The van der Waals surface area contributed by atoms with Crippen molar-refractivity contribution in [3.05, 3.63) is 87.9 Å². The van der Waals surface area contributed by atoms with Crippen LogP contribution in [0.2, 0.25) is 5.02 Å². The average Bonchev–Trinajstić information content (AvgIpc) is 3.17. The number of ketones is 1. The molecule has 1 aliphatic heterocycles. The largest absolute Gasteiger partial charge is 0.507 e. The Labute approximate surface area is 220 Å². The molecule has 1 fully saturated rings. The summed E-state index contributed by atoms with van der Waals surface area (Å²) in [5.41, 5.74) is 2.27. The molecule has 0 aliphatic carbocycles. The molecular formula is C29H28ClNO6. The third kappa shape index (κ3) is 4.74. The predicted octanol–water partition coefficient (Wildman–Crippen LogP) is 6.12. The molecule has 192 valence electrons. The number of hydrogen-bond donors (Lipinski definition) is 1. The molecule has 7 nitrogen and oxygen atoms in total. The minimum absolute atomic E-state index is 0.0919. The van der Waals surface area contributed by atoms with Gasteiger partial charge in [-0.15, -0.1) is 0 Å². The monoisotopic (exact) mass is 521 g/mol. The van der Waals surface area contributed by atoms with Crippen LogP contribution in [0.1, 0.15) is 42.5 Å². The van der Waals surface area contributed by atoms with Crippen molar-refractivity contribution in [2.24, 2.45) is 0 Å². The summed E-state index contributed by atoms with van der Waals surface area (Å²) in [4.78, 5) is 28.3. The van der Waals surface area contributed by atoms with Gasteiger partial charge in [0.15, 0.2) is 11.5 Å². The number of ether oxygens (including phenoxy) is 3. The van der Waals surface area contributed by atoms with Gasteiger partial charge in [0.2, 0.25) is 0 Å². The highest BCUT2D eigenvalue weighted by Crippen LogP contribution is 2.45. The van der Waals surface area contributed by atoms with E-state index in [-0.39, 0.29) is 11.1 Å². The molecule has 1 amide bonds. The maximum absolute atomic E-state index is 13.5. The highest BCUT2D eigenvalue weighted by atomic mass is 35.5. The standard InChI is InChI=1S/C29H28ClNO6/c1-16(2)17-6-10-20(11-7-17)31-26(18-8-12-23(36-4)24(14-18)37-5)25(28(33)29(31)34)27(32)21-15-19(30)9-13-22(21)35-3/h6-16,26,32H,1-5H3/b27-25+. The van der Waals surface area contributed by atoms with Gasteiger partial charge in [-0.1, -0.05) is 43.6 Å². The first-order valence-corrected chi connectivity index (χ1v) is 12.1. The van der Waals surface area contributed by atoms with Gasteiger partial charge in [0, 0.05) is 10.7 Å². The Balaban J connectivity index is 1.98. The number of halogens is 1. The van der Waals surface area contributed by atoms with Crippen LogP contribution in [-0.4, -0.2) is 38.1 Å². The van der Waals surface area contributed by atoms with E-state index >= 15 is 0 Å². The van der Waals surface area contributed by atoms with Gasteiger partial charge in [0.1, 0.15) is 11.5 Å². The lowest BCUT2D eigenvalue weighted by Crippen LogP contribution is -2.29. The van der Waals surface area contributed by atoms with E-state index in [1.165, 1.54) is 32.3 Å². The molecule has 1 N–H and O–H groups in total. The summed E-state index contributed by atoms with van der Waals surface area (Å²) in [5, 5.41) is 11.8. The van der Waals surface area contributed by atoms with Crippen molar-refractivity contribution in [1.82, 2.24) is 0 Å². The van der Waals surface area contributed by atoms with Crippen LogP contribution in [-0.2, 0) is 9.59 Å². The van der Waals surface area contributed by atoms with Crippen molar-refractivity contribution in [2.75, 3.05) is 26.2 Å². The highest BCUT2D eigenvalue weighted by molar-refractivity contribution is 6.51. The molecule has 1 unspecified atom stereocenters. The van der Waals surface area contributed by atoms with E-state index in [1.807, 2.05) is 12.1 Å². The molecule has 1 atom stereocenters. The Hall–Kier alpha value is -3.97. The number of methoxy groups -OCH3 is 3. The molecule has 3 aromatic carbocycles. The van der Waals surface area contributed by atoms with Crippen LogP contribution in [0.5, 0.6) is 17.2 Å². The topological polar surface area (TPSA) is 85.3 Å². The zero-order valence-corrected chi connectivity index (χ0v) is 22.0. The molecule has 37 heavy (non-hydrogen) atoms. The minimum atomic E-state index is -0.951. The fourth-order valence-electron chi connectivity index (χ4n) is 4.47. The molecule has 0 spiro atoms. The Morgan fingerprint density at radius 2 is 1.49 bits per heavy atom. The van der Waals surface area contributed by atoms with Crippen molar-refractivity contribution in [1.29, 1.82) is 0 Å². The fraction of sp³-hybridized carbons (Fsp3) is 0.241. The number of aliphatic hydroxyl groups excluding tert-OH is 1. The zero-order chi connectivity index (χ0) is 26.9. The van der Waals surface area contributed by atoms with Crippen LogP contribution in [0.3, 0.4) is 0 Å². The van der Waals surface area contributed by atoms with Crippen LogP contribution in [0, 0.1) is 0 Å². The van der Waals surface area contributed by atoms with E-state index in [4.69, 9.17) is 25.8 Å². The van der Waals surface area contributed by atoms with E-state index in [0.29, 0.717) is 39.4 Å². The third-order valence-corrected chi connectivity index (χ3v) is 6.66. The summed E-state index contributed by atoms with van der Waals surface area (Å²) in [6, 6.07) is 16.3. The molecule has 0 bridgehead atoms. The van der Waals surface area contributed by atoms with E-state index in [9.17, 15) is 14.7 Å². The Morgan fingerprint density at radius 1 is 0.865 bits per heavy atom. The molecule has 3 aromatic rings. The lowest BCUT2D eigenvalue weighted by Gasteiger charge is -2.26. The number of nitrogens with zero attached hydrogens (tertiary/aromatic N) is 1.